The van der Waals surface area contributed by atoms with Crippen LogP contribution >= 0.6 is 0 Å². The van der Waals surface area contributed by atoms with Gasteiger partial charge in [-0.1, -0.05) is 48.6 Å². The fourth-order valence-corrected chi connectivity index (χ4v) is 2.98. The third-order valence-corrected chi connectivity index (χ3v) is 4.47. The van der Waals surface area contributed by atoms with Gasteiger partial charge in [0.1, 0.15) is 5.75 Å². The van der Waals surface area contributed by atoms with Crippen LogP contribution in [0.4, 0.5) is 0 Å². The van der Waals surface area contributed by atoms with Crippen LogP contribution in [0.15, 0.2) is 71.7 Å². The molecule has 0 aliphatic heterocycles. The van der Waals surface area contributed by atoms with Crippen LogP contribution < -0.4 is 15.0 Å². The van der Waals surface area contributed by atoms with Crippen molar-refractivity contribution in [2.45, 2.75) is 13.0 Å². The number of allylic oxidation sites excluding steroid dienone is 1. The molecule has 0 radical (unpaired) electrons. The average molecular weight is 377 g/mol. The van der Waals surface area contributed by atoms with Crippen molar-refractivity contribution in [1.29, 1.82) is 0 Å². The minimum atomic E-state index is -0.215. The molecule has 0 unspecified atom stereocenters. The fraction of sp³-hybridized carbons (Fsp3) is 0.174. The number of methoxy groups -OCH3 is 2. The molecule has 0 atom stereocenters. The summed E-state index contributed by atoms with van der Waals surface area (Å²) in [6.45, 7) is 0.370. The van der Waals surface area contributed by atoms with Crippen molar-refractivity contribution < 1.29 is 14.6 Å². The molecule has 0 saturated carbocycles. The zero-order valence-electron chi connectivity index (χ0n) is 16.0. The maximum atomic E-state index is 12.8. The van der Waals surface area contributed by atoms with Crippen molar-refractivity contribution in [3.8, 4) is 17.2 Å². The minimum absolute atomic E-state index is 0.00581. The van der Waals surface area contributed by atoms with Crippen LogP contribution in [0.2, 0.25) is 0 Å². The molecule has 0 spiro atoms. The first-order valence-corrected chi connectivity index (χ1v) is 8.96. The van der Waals surface area contributed by atoms with E-state index in [1.807, 2.05) is 60.7 Å². The zero-order valence-corrected chi connectivity index (χ0v) is 16.0. The first-order valence-electron chi connectivity index (χ1n) is 8.96. The van der Waals surface area contributed by atoms with Gasteiger partial charge in [-0.2, -0.15) is 0 Å². The molecule has 2 aromatic carbocycles. The molecule has 0 fully saturated rings. The van der Waals surface area contributed by atoms with Gasteiger partial charge in [0.2, 0.25) is 0 Å². The smallest absolute Gasteiger partial charge is 0.258 e. The fourth-order valence-electron chi connectivity index (χ4n) is 2.98. The second kappa shape index (κ2) is 8.95. The Labute approximate surface area is 164 Å². The van der Waals surface area contributed by atoms with E-state index in [9.17, 15) is 9.90 Å². The maximum absolute atomic E-state index is 12.8. The quantitative estimate of drug-likeness (QED) is 0.679. The lowest BCUT2D eigenvalue weighted by Crippen LogP contribution is -2.23. The lowest BCUT2D eigenvalue weighted by Gasteiger charge is -2.12. The van der Waals surface area contributed by atoms with E-state index in [2.05, 4.69) is 0 Å². The molecule has 1 heterocycles. The third kappa shape index (κ3) is 4.43. The number of nitrogens with zero attached hydrogens (tertiary/aromatic N) is 1. The summed E-state index contributed by atoms with van der Waals surface area (Å²) in [6.07, 6.45) is 5.77. The molecule has 0 saturated heterocycles. The highest BCUT2D eigenvalue weighted by atomic mass is 16.5. The first-order chi connectivity index (χ1) is 13.6. The van der Waals surface area contributed by atoms with E-state index >= 15 is 0 Å². The van der Waals surface area contributed by atoms with Gasteiger partial charge >= 0.3 is 0 Å². The Morgan fingerprint density at radius 3 is 2.46 bits per heavy atom. The van der Waals surface area contributed by atoms with Crippen LogP contribution in [0, 0.1) is 0 Å². The normalized spacial score (nSPS) is 10.9. The molecule has 5 nitrogen and oxygen atoms in total. The van der Waals surface area contributed by atoms with Crippen LogP contribution in [0.1, 0.15) is 16.7 Å². The van der Waals surface area contributed by atoms with Gasteiger partial charge in [-0.3, -0.25) is 4.79 Å². The number of hydrogen-bond donors (Lipinski definition) is 1. The van der Waals surface area contributed by atoms with E-state index in [1.54, 1.807) is 31.0 Å². The summed E-state index contributed by atoms with van der Waals surface area (Å²) in [5, 5.41) is 10.1. The van der Waals surface area contributed by atoms with E-state index in [0.717, 1.165) is 11.1 Å². The number of ether oxygens (including phenoxy) is 2. The molecule has 1 aromatic heterocycles. The highest BCUT2D eigenvalue weighted by Crippen LogP contribution is 2.27. The summed E-state index contributed by atoms with van der Waals surface area (Å²) < 4.78 is 12.1. The predicted octanol–water partition coefficient (Wildman–Crippen LogP) is 3.88. The maximum Gasteiger partial charge on any atom is 0.258 e. The number of hydrogen-bond acceptors (Lipinski definition) is 4. The molecule has 5 heteroatoms. The summed E-state index contributed by atoms with van der Waals surface area (Å²) in [4.78, 5) is 12.8. The predicted molar refractivity (Wildman–Crippen MR) is 110 cm³/mol. The summed E-state index contributed by atoms with van der Waals surface area (Å²) in [5.41, 5.74) is 2.10. The van der Waals surface area contributed by atoms with Crippen molar-refractivity contribution in [2.24, 2.45) is 0 Å². The molecule has 3 rings (SSSR count). The zero-order chi connectivity index (χ0) is 19.9. The Morgan fingerprint density at radius 1 is 1.00 bits per heavy atom. The Hall–Kier alpha value is -3.47. The van der Waals surface area contributed by atoms with Crippen LogP contribution in [0.3, 0.4) is 0 Å². The Morgan fingerprint density at radius 2 is 1.75 bits per heavy atom. The van der Waals surface area contributed by atoms with Gasteiger partial charge in [0, 0.05) is 6.20 Å². The summed E-state index contributed by atoms with van der Waals surface area (Å²) in [7, 11) is 3.16. The molecular formula is C23H23NO4. The summed E-state index contributed by atoms with van der Waals surface area (Å²) in [5.74, 6) is 1.25. The number of pyridine rings is 1. The molecule has 3 aromatic rings. The van der Waals surface area contributed by atoms with E-state index in [1.165, 1.54) is 0 Å². The third-order valence-electron chi connectivity index (χ3n) is 4.47. The van der Waals surface area contributed by atoms with Gasteiger partial charge in [0.15, 0.2) is 11.5 Å². The number of benzene rings is 2. The van der Waals surface area contributed by atoms with Gasteiger partial charge in [0.25, 0.3) is 5.56 Å². The van der Waals surface area contributed by atoms with Gasteiger partial charge in [0.05, 0.1) is 26.3 Å². The van der Waals surface area contributed by atoms with Crippen LogP contribution in [0.5, 0.6) is 17.2 Å². The van der Waals surface area contributed by atoms with E-state index < -0.39 is 0 Å². The molecule has 144 valence electrons. The summed E-state index contributed by atoms with van der Waals surface area (Å²) in [6, 6.07) is 16.9. The molecular weight excluding hydrogens is 354 g/mol. The van der Waals surface area contributed by atoms with E-state index in [4.69, 9.17) is 9.47 Å². The lowest BCUT2D eigenvalue weighted by molar-refractivity contribution is 0.354. The van der Waals surface area contributed by atoms with Crippen molar-refractivity contribution in [3.63, 3.8) is 0 Å². The number of rotatable bonds is 7. The lowest BCUT2D eigenvalue weighted by atomic mass is 10.1. The van der Waals surface area contributed by atoms with Gasteiger partial charge in [-0.15, -0.1) is 0 Å². The summed E-state index contributed by atoms with van der Waals surface area (Å²) >= 11 is 0. The molecule has 0 amide bonds. The van der Waals surface area contributed by atoms with E-state index in [-0.39, 0.29) is 11.3 Å². The van der Waals surface area contributed by atoms with Gasteiger partial charge < -0.3 is 19.1 Å². The molecule has 28 heavy (non-hydrogen) atoms. The highest BCUT2D eigenvalue weighted by molar-refractivity contribution is 5.50. The van der Waals surface area contributed by atoms with Crippen LogP contribution in [-0.2, 0) is 13.0 Å². The number of aromatic nitrogens is 1. The highest BCUT2D eigenvalue weighted by Gasteiger charge is 2.10. The topological polar surface area (TPSA) is 60.7 Å². The SMILES string of the molecule is COc1ccc(Cn2ccc(O)c(CC=Cc3ccccc3)c2=O)cc1OC. The molecule has 0 aliphatic rings. The molecule has 0 aliphatic carbocycles. The second-order valence-electron chi connectivity index (χ2n) is 6.32. The van der Waals surface area contributed by atoms with Gasteiger partial charge in [-0.25, -0.2) is 0 Å². The molecule has 1 N–H and O–H groups in total. The van der Waals surface area contributed by atoms with Gasteiger partial charge in [-0.05, 0) is 35.7 Å². The average Bonchev–Trinajstić information content (AvgIpc) is 2.73. The number of aromatic hydroxyl groups is 1. The van der Waals surface area contributed by atoms with E-state index in [0.29, 0.717) is 30.0 Å². The van der Waals surface area contributed by atoms with Crippen LogP contribution in [0.25, 0.3) is 6.08 Å². The second-order valence-corrected chi connectivity index (χ2v) is 6.32. The van der Waals surface area contributed by atoms with Crippen LogP contribution in [-0.4, -0.2) is 23.9 Å². The first kappa shape index (κ1) is 19.3. The standard InChI is InChI=1S/C23H23NO4/c1-27-21-12-11-18(15-22(21)28-2)16-24-14-13-20(25)19(23(24)26)10-6-9-17-7-4-3-5-8-17/h3-9,11-15,25H,10,16H2,1-2H3. The molecule has 0 bridgehead atoms. The van der Waals surface area contributed by atoms with Crippen molar-refractivity contribution >= 4 is 6.08 Å². The Bertz CT molecular complexity index is 1020. The van der Waals surface area contributed by atoms with Crippen molar-refractivity contribution in [3.05, 3.63) is 93.9 Å². The minimum Gasteiger partial charge on any atom is -0.507 e. The Balaban J connectivity index is 1.83. The Kier molecular flexibility index (Phi) is 6.17. The van der Waals surface area contributed by atoms with Crippen molar-refractivity contribution in [1.82, 2.24) is 4.57 Å². The monoisotopic (exact) mass is 377 g/mol. The van der Waals surface area contributed by atoms with Crippen molar-refractivity contribution in [2.75, 3.05) is 14.2 Å². The largest absolute Gasteiger partial charge is 0.507 e.